The van der Waals surface area contributed by atoms with E-state index in [1.165, 1.54) is 19.3 Å². The summed E-state index contributed by atoms with van der Waals surface area (Å²) in [4.78, 5) is 0. The van der Waals surface area contributed by atoms with Crippen LogP contribution in [0.5, 0.6) is 0 Å². The van der Waals surface area contributed by atoms with Gasteiger partial charge in [0.25, 0.3) is 0 Å². The first-order valence-corrected chi connectivity index (χ1v) is 8.10. The van der Waals surface area contributed by atoms with Gasteiger partial charge in [0.15, 0.2) is 0 Å². The van der Waals surface area contributed by atoms with Crippen LogP contribution in [-0.4, -0.2) is 49.7 Å². The number of hydrogen-bond donors (Lipinski definition) is 2. The Labute approximate surface area is 123 Å². The second-order valence-corrected chi connectivity index (χ2v) is 6.99. The molecule has 2 rings (SSSR count). The Kier molecular flexibility index (Phi) is 5.84. The molecule has 0 heterocycles. The largest absolute Gasteiger partial charge is 0.389 e. The first-order chi connectivity index (χ1) is 9.54. The molecule has 118 valence electrons. The highest BCUT2D eigenvalue weighted by molar-refractivity contribution is 5.02. The molecule has 2 saturated carbocycles. The normalized spacial score (nSPS) is 31.8. The van der Waals surface area contributed by atoms with Gasteiger partial charge in [-0.3, -0.25) is 0 Å². The molecule has 0 aliphatic heterocycles. The molecule has 2 N–H and O–H groups in total. The van der Waals surface area contributed by atoms with Gasteiger partial charge in [-0.25, -0.2) is 0 Å². The fourth-order valence-electron chi connectivity index (χ4n) is 3.45. The third-order valence-corrected chi connectivity index (χ3v) is 5.14. The van der Waals surface area contributed by atoms with Gasteiger partial charge >= 0.3 is 0 Å². The molecule has 3 atom stereocenters. The van der Waals surface area contributed by atoms with Crippen molar-refractivity contribution in [3.63, 3.8) is 0 Å². The van der Waals surface area contributed by atoms with E-state index < -0.39 is 6.10 Å². The van der Waals surface area contributed by atoms with Crippen molar-refractivity contribution in [2.45, 2.75) is 76.7 Å². The molecule has 0 amide bonds. The maximum Gasteiger partial charge on any atom is 0.0897 e. The second-order valence-electron chi connectivity index (χ2n) is 6.99. The number of methoxy groups -OCH3 is 1. The first-order valence-electron chi connectivity index (χ1n) is 8.10. The van der Waals surface area contributed by atoms with Crippen LogP contribution in [0.2, 0.25) is 0 Å². The molecular formula is C16H31NO3. The zero-order chi connectivity index (χ0) is 14.6. The van der Waals surface area contributed by atoms with Crippen LogP contribution in [0.4, 0.5) is 0 Å². The molecule has 2 fully saturated rings. The molecule has 0 saturated heterocycles. The number of rotatable bonds is 7. The lowest BCUT2D eigenvalue weighted by molar-refractivity contribution is -0.101. The lowest BCUT2D eigenvalue weighted by atomic mass is 9.64. The molecule has 4 nitrogen and oxygen atoms in total. The van der Waals surface area contributed by atoms with Crippen LogP contribution >= 0.6 is 0 Å². The minimum Gasteiger partial charge on any atom is -0.389 e. The average molecular weight is 285 g/mol. The lowest BCUT2D eigenvalue weighted by Crippen LogP contribution is -2.61. The van der Waals surface area contributed by atoms with Crippen molar-refractivity contribution in [3.8, 4) is 0 Å². The number of nitrogens with one attached hydrogen (secondary N) is 1. The van der Waals surface area contributed by atoms with Crippen LogP contribution in [-0.2, 0) is 9.47 Å². The highest BCUT2D eigenvalue weighted by atomic mass is 16.5. The summed E-state index contributed by atoms with van der Waals surface area (Å²) in [6, 6.07) is 0.428. The Morgan fingerprint density at radius 2 is 1.95 bits per heavy atom. The standard InChI is InChI=1S/C16H31NO3/c1-16(2)14(9-15(16)19-3)17-10-12(18)11-20-13-7-5-4-6-8-13/h12-15,17-18H,4-11H2,1-3H3. The van der Waals surface area contributed by atoms with E-state index in [-0.39, 0.29) is 5.41 Å². The number of ether oxygens (including phenoxy) is 2. The summed E-state index contributed by atoms with van der Waals surface area (Å²) >= 11 is 0. The first kappa shape index (κ1) is 16.2. The third kappa shape index (κ3) is 3.94. The van der Waals surface area contributed by atoms with Crippen LogP contribution in [0.25, 0.3) is 0 Å². The SMILES string of the molecule is COC1CC(NCC(O)COC2CCCCC2)C1(C)C. The van der Waals surface area contributed by atoms with E-state index in [1.807, 2.05) is 0 Å². The summed E-state index contributed by atoms with van der Waals surface area (Å²) in [5, 5.41) is 13.5. The molecule has 0 spiro atoms. The molecule has 20 heavy (non-hydrogen) atoms. The predicted molar refractivity (Wildman–Crippen MR) is 79.8 cm³/mol. The summed E-state index contributed by atoms with van der Waals surface area (Å²) in [6.45, 7) is 5.50. The number of aliphatic hydroxyl groups is 1. The van der Waals surface area contributed by atoms with Gasteiger partial charge < -0.3 is 19.9 Å². The molecule has 2 aliphatic carbocycles. The summed E-state index contributed by atoms with van der Waals surface area (Å²) in [6.07, 6.45) is 7.51. The molecular weight excluding hydrogens is 254 g/mol. The molecule has 3 unspecified atom stereocenters. The Bertz CT molecular complexity index is 289. The monoisotopic (exact) mass is 285 g/mol. The number of hydrogen-bond acceptors (Lipinski definition) is 4. The summed E-state index contributed by atoms with van der Waals surface area (Å²) < 4.78 is 11.2. The Morgan fingerprint density at radius 3 is 2.55 bits per heavy atom. The van der Waals surface area contributed by atoms with Crippen molar-refractivity contribution in [2.24, 2.45) is 5.41 Å². The topological polar surface area (TPSA) is 50.7 Å². The van der Waals surface area contributed by atoms with Gasteiger partial charge in [-0.15, -0.1) is 0 Å². The fraction of sp³-hybridized carbons (Fsp3) is 1.00. The Balaban J connectivity index is 1.59. The van der Waals surface area contributed by atoms with Crippen LogP contribution in [0.15, 0.2) is 0 Å². The highest BCUT2D eigenvalue weighted by Crippen LogP contribution is 2.42. The lowest BCUT2D eigenvalue weighted by Gasteiger charge is -2.51. The predicted octanol–water partition coefficient (Wildman–Crippen LogP) is 2.10. The fourth-order valence-corrected chi connectivity index (χ4v) is 3.45. The molecule has 0 aromatic carbocycles. The smallest absolute Gasteiger partial charge is 0.0897 e. The minimum atomic E-state index is -0.408. The van der Waals surface area contributed by atoms with E-state index in [1.54, 1.807) is 7.11 Å². The van der Waals surface area contributed by atoms with E-state index in [9.17, 15) is 5.11 Å². The van der Waals surface area contributed by atoms with E-state index in [2.05, 4.69) is 19.2 Å². The molecule has 0 aromatic heterocycles. The van der Waals surface area contributed by atoms with Crippen LogP contribution in [0.3, 0.4) is 0 Å². The van der Waals surface area contributed by atoms with Gasteiger partial charge in [-0.05, 0) is 19.3 Å². The second kappa shape index (κ2) is 7.21. The maximum absolute atomic E-state index is 10.0. The van der Waals surface area contributed by atoms with E-state index in [0.29, 0.717) is 31.4 Å². The molecule has 0 radical (unpaired) electrons. The van der Waals surface area contributed by atoms with Gasteiger partial charge in [0.1, 0.15) is 0 Å². The summed E-state index contributed by atoms with van der Waals surface area (Å²) in [7, 11) is 1.77. The van der Waals surface area contributed by atoms with Crippen molar-refractivity contribution in [1.82, 2.24) is 5.32 Å². The Morgan fingerprint density at radius 1 is 1.25 bits per heavy atom. The quantitative estimate of drug-likeness (QED) is 0.752. The van der Waals surface area contributed by atoms with Gasteiger partial charge in [-0.1, -0.05) is 33.1 Å². The van der Waals surface area contributed by atoms with Gasteiger partial charge in [0, 0.05) is 25.1 Å². The zero-order valence-electron chi connectivity index (χ0n) is 13.2. The van der Waals surface area contributed by atoms with Crippen molar-refractivity contribution < 1.29 is 14.6 Å². The molecule has 0 bridgehead atoms. The summed E-state index contributed by atoms with van der Waals surface area (Å²) in [5.74, 6) is 0. The van der Waals surface area contributed by atoms with Crippen LogP contribution < -0.4 is 5.32 Å². The van der Waals surface area contributed by atoms with Gasteiger partial charge in [0.2, 0.25) is 0 Å². The van der Waals surface area contributed by atoms with Crippen molar-refractivity contribution >= 4 is 0 Å². The summed E-state index contributed by atoms with van der Waals surface area (Å²) in [5.41, 5.74) is 0.151. The van der Waals surface area contributed by atoms with E-state index in [4.69, 9.17) is 9.47 Å². The van der Waals surface area contributed by atoms with Crippen molar-refractivity contribution in [3.05, 3.63) is 0 Å². The minimum absolute atomic E-state index is 0.151. The molecule has 4 heteroatoms. The average Bonchev–Trinajstić information content (AvgIpc) is 2.45. The van der Waals surface area contributed by atoms with Crippen molar-refractivity contribution in [2.75, 3.05) is 20.3 Å². The van der Waals surface area contributed by atoms with Crippen LogP contribution in [0, 0.1) is 5.41 Å². The number of aliphatic hydroxyl groups excluding tert-OH is 1. The van der Waals surface area contributed by atoms with E-state index >= 15 is 0 Å². The van der Waals surface area contributed by atoms with Crippen molar-refractivity contribution in [1.29, 1.82) is 0 Å². The van der Waals surface area contributed by atoms with Gasteiger partial charge in [-0.2, -0.15) is 0 Å². The highest BCUT2D eigenvalue weighted by Gasteiger charge is 2.48. The van der Waals surface area contributed by atoms with Gasteiger partial charge in [0.05, 0.1) is 24.9 Å². The zero-order valence-corrected chi connectivity index (χ0v) is 13.2. The molecule has 2 aliphatic rings. The Hall–Kier alpha value is -0.160. The van der Waals surface area contributed by atoms with E-state index in [0.717, 1.165) is 19.3 Å². The molecule has 0 aromatic rings. The van der Waals surface area contributed by atoms with Crippen LogP contribution in [0.1, 0.15) is 52.4 Å². The third-order valence-electron chi connectivity index (χ3n) is 5.14. The maximum atomic E-state index is 10.0.